The van der Waals surface area contributed by atoms with E-state index in [0.29, 0.717) is 24.2 Å². The normalized spacial score (nSPS) is 20.9. The lowest BCUT2D eigenvalue weighted by atomic mass is 9.96. The zero-order valence-corrected chi connectivity index (χ0v) is 33.8. The van der Waals surface area contributed by atoms with Gasteiger partial charge in [0.2, 0.25) is 0 Å². The number of nitrogens with zero attached hydrogens (tertiary/aromatic N) is 5. The van der Waals surface area contributed by atoms with Crippen molar-refractivity contribution in [1.82, 2.24) is 25.2 Å². The van der Waals surface area contributed by atoms with E-state index in [2.05, 4.69) is 30.4 Å². The molecule has 0 aliphatic carbocycles. The van der Waals surface area contributed by atoms with Crippen molar-refractivity contribution in [1.29, 1.82) is 0 Å². The number of piperidine rings is 1. The van der Waals surface area contributed by atoms with Crippen LogP contribution < -0.4 is 20.3 Å². The fraction of sp³-hybridized carbons (Fsp3) is 0.564. The zero-order chi connectivity index (χ0) is 39.4. The third kappa shape index (κ3) is 8.53. The SMILES string of the molecule is CC(CN1CCCCC1)Oc1nc(N2C3CCC2C(NC(=O)OC(C)(C)C)C3)c2cc(Cl)c(-c3ccc(F)c4sc(NC(=O)OC(C)(C)C)nc34)c(F)c2n1. The van der Waals surface area contributed by atoms with Crippen molar-refractivity contribution in [2.45, 2.75) is 122 Å². The van der Waals surface area contributed by atoms with Crippen LogP contribution in [0.15, 0.2) is 18.2 Å². The Bertz CT molecular complexity index is 2120. The number of fused-ring (bicyclic) bond motifs is 4. The summed E-state index contributed by atoms with van der Waals surface area (Å²) in [6, 6.07) is 3.92. The van der Waals surface area contributed by atoms with Gasteiger partial charge in [0.05, 0.1) is 27.3 Å². The fourth-order valence-corrected chi connectivity index (χ4v) is 9.11. The van der Waals surface area contributed by atoms with Gasteiger partial charge in [-0.1, -0.05) is 29.4 Å². The van der Waals surface area contributed by atoms with Gasteiger partial charge in [-0.3, -0.25) is 10.2 Å². The van der Waals surface area contributed by atoms with Crippen LogP contribution in [0.25, 0.3) is 32.2 Å². The van der Waals surface area contributed by atoms with Gasteiger partial charge in [0.1, 0.15) is 34.5 Å². The summed E-state index contributed by atoms with van der Waals surface area (Å²) in [5.74, 6) is -0.884. The van der Waals surface area contributed by atoms with Crippen LogP contribution in [-0.4, -0.2) is 87.1 Å². The molecule has 3 aliphatic rings. The summed E-state index contributed by atoms with van der Waals surface area (Å²) in [7, 11) is 0. The van der Waals surface area contributed by atoms with Crippen LogP contribution >= 0.6 is 22.9 Å². The number of anilines is 2. The van der Waals surface area contributed by atoms with Gasteiger partial charge < -0.3 is 24.4 Å². The first kappa shape index (κ1) is 39.2. The van der Waals surface area contributed by atoms with Crippen LogP contribution in [0.5, 0.6) is 6.01 Å². The highest BCUT2D eigenvalue weighted by Crippen LogP contribution is 2.47. The number of hydrogen-bond acceptors (Lipinski definition) is 11. The Kier molecular flexibility index (Phi) is 10.8. The number of aromatic nitrogens is 3. The van der Waals surface area contributed by atoms with Crippen LogP contribution in [0.4, 0.5) is 29.3 Å². The summed E-state index contributed by atoms with van der Waals surface area (Å²) < 4.78 is 49.9. The smallest absolute Gasteiger partial charge is 0.413 e. The van der Waals surface area contributed by atoms with Crippen molar-refractivity contribution in [3.63, 3.8) is 0 Å². The van der Waals surface area contributed by atoms with E-state index >= 15 is 8.78 Å². The Morgan fingerprint density at radius 3 is 2.40 bits per heavy atom. The highest BCUT2D eigenvalue weighted by molar-refractivity contribution is 7.22. The molecule has 0 saturated carbocycles. The van der Waals surface area contributed by atoms with E-state index in [4.69, 9.17) is 30.8 Å². The lowest BCUT2D eigenvalue weighted by Gasteiger charge is -2.30. The highest BCUT2D eigenvalue weighted by Gasteiger charge is 2.48. The molecule has 0 radical (unpaired) electrons. The van der Waals surface area contributed by atoms with E-state index in [1.807, 2.05) is 27.7 Å². The summed E-state index contributed by atoms with van der Waals surface area (Å²) >= 11 is 7.87. The monoisotopic (exact) mass is 799 g/mol. The van der Waals surface area contributed by atoms with Crippen LogP contribution in [0.2, 0.25) is 5.02 Å². The molecule has 3 fully saturated rings. The number of ether oxygens (including phenoxy) is 3. The Hall–Kier alpha value is -4.08. The maximum atomic E-state index is 17.3. The Morgan fingerprint density at radius 2 is 1.69 bits per heavy atom. The second-order valence-corrected chi connectivity index (χ2v) is 18.1. The maximum absolute atomic E-state index is 17.3. The molecule has 4 unspecified atom stereocenters. The second kappa shape index (κ2) is 15.1. The van der Waals surface area contributed by atoms with E-state index in [0.717, 1.165) is 50.1 Å². The molecule has 2 amide bonds. The molecule has 7 rings (SSSR count). The predicted octanol–water partition coefficient (Wildman–Crippen LogP) is 9.07. The fourth-order valence-electron chi connectivity index (χ4n) is 7.93. The van der Waals surface area contributed by atoms with Gasteiger partial charge in [0.25, 0.3) is 0 Å². The van der Waals surface area contributed by atoms with Gasteiger partial charge in [-0.05, 0) is 112 Å². The summed E-state index contributed by atoms with van der Waals surface area (Å²) in [6.45, 7) is 15.2. The van der Waals surface area contributed by atoms with E-state index in [-0.39, 0.29) is 67.3 Å². The molecule has 3 saturated heterocycles. The number of halogens is 3. The number of alkyl carbamates (subject to hydrolysis) is 1. The number of rotatable bonds is 8. The minimum absolute atomic E-state index is 0.00537. The zero-order valence-electron chi connectivity index (χ0n) is 32.2. The average Bonchev–Trinajstić information content (AvgIpc) is 3.78. The Balaban J connectivity index is 1.30. The summed E-state index contributed by atoms with van der Waals surface area (Å²) in [4.78, 5) is 43.9. The van der Waals surface area contributed by atoms with E-state index < -0.39 is 35.0 Å². The topological polar surface area (TPSA) is 131 Å². The molecule has 2 bridgehead atoms. The maximum Gasteiger partial charge on any atom is 0.413 e. The van der Waals surface area contributed by atoms with Gasteiger partial charge in [-0.2, -0.15) is 9.97 Å². The molecule has 0 spiro atoms. The lowest BCUT2D eigenvalue weighted by molar-refractivity contribution is 0.0496. The minimum Gasteiger partial charge on any atom is -0.459 e. The lowest BCUT2D eigenvalue weighted by Crippen LogP contribution is -2.46. The van der Waals surface area contributed by atoms with Crippen molar-refractivity contribution in [3.8, 4) is 17.1 Å². The number of likely N-dealkylation sites (tertiary alicyclic amines) is 1. The van der Waals surface area contributed by atoms with E-state index in [1.165, 1.54) is 18.6 Å². The number of carbonyl (C=O) groups excluding carboxylic acids is 2. The first-order valence-electron chi connectivity index (χ1n) is 18.9. The van der Waals surface area contributed by atoms with Crippen molar-refractivity contribution < 1.29 is 32.6 Å². The highest BCUT2D eigenvalue weighted by atomic mass is 35.5. The summed E-state index contributed by atoms with van der Waals surface area (Å²) in [5, 5.41) is 6.11. The molecule has 4 aromatic rings. The molecule has 3 aliphatic heterocycles. The Morgan fingerprint density at radius 1 is 0.982 bits per heavy atom. The van der Waals surface area contributed by atoms with Crippen molar-refractivity contribution in [2.24, 2.45) is 0 Å². The van der Waals surface area contributed by atoms with Crippen molar-refractivity contribution in [2.75, 3.05) is 29.9 Å². The quantitative estimate of drug-likeness (QED) is 0.178. The molecule has 16 heteroatoms. The standard InChI is InChI=1S/C39H48ClF2N7O5S/c1-20(19-48-15-9-8-10-16-48)52-34-44-30-23(33(46-34)49-21-11-14-27(49)26(17-21)43-36(50)53-38(2,3)4)18-24(40)28(29(30)42)22-12-13-25(41)32-31(22)45-35(55-32)47-37(51)54-39(5,6)7/h12-13,18,20-21,26-27H,8-11,14-17,19H2,1-7H3,(H,43,50)(H,45,47,51). The molecule has 5 heterocycles. The number of thiazole rings is 1. The Labute approximate surface area is 328 Å². The van der Waals surface area contributed by atoms with Crippen LogP contribution in [-0.2, 0) is 9.47 Å². The third-order valence-electron chi connectivity index (χ3n) is 9.97. The second-order valence-electron chi connectivity index (χ2n) is 16.7. The molecule has 2 N–H and O–H groups in total. The molecule has 4 atom stereocenters. The molecular formula is C39H48ClF2N7O5S. The molecular weight excluding hydrogens is 752 g/mol. The van der Waals surface area contributed by atoms with Crippen molar-refractivity contribution in [3.05, 3.63) is 34.9 Å². The molecule has 296 valence electrons. The number of hydrogen-bond donors (Lipinski definition) is 2. The van der Waals surface area contributed by atoms with Gasteiger partial charge in [0.15, 0.2) is 10.9 Å². The average molecular weight is 800 g/mol. The molecule has 55 heavy (non-hydrogen) atoms. The van der Waals surface area contributed by atoms with Gasteiger partial charge in [0, 0.05) is 29.1 Å². The molecule has 2 aromatic carbocycles. The minimum atomic E-state index is -0.766. The number of nitrogens with one attached hydrogen (secondary N) is 2. The first-order valence-corrected chi connectivity index (χ1v) is 20.1. The first-order chi connectivity index (χ1) is 25.9. The molecule has 2 aromatic heterocycles. The summed E-state index contributed by atoms with van der Waals surface area (Å²) in [5.41, 5.74) is -1.13. The number of carbonyl (C=O) groups is 2. The van der Waals surface area contributed by atoms with Gasteiger partial charge in [-0.25, -0.2) is 23.4 Å². The van der Waals surface area contributed by atoms with Gasteiger partial charge >= 0.3 is 18.2 Å². The third-order valence-corrected chi connectivity index (χ3v) is 11.2. The number of amides is 2. The number of benzene rings is 2. The van der Waals surface area contributed by atoms with Gasteiger partial charge in [-0.15, -0.1) is 0 Å². The van der Waals surface area contributed by atoms with Crippen molar-refractivity contribution >= 4 is 67.2 Å². The van der Waals surface area contributed by atoms with E-state index in [9.17, 15) is 9.59 Å². The predicted molar refractivity (Wildman–Crippen MR) is 210 cm³/mol. The molecule has 12 nitrogen and oxygen atoms in total. The van der Waals surface area contributed by atoms with Crippen LogP contribution in [0, 0.1) is 11.6 Å². The van der Waals surface area contributed by atoms with Crippen LogP contribution in [0.1, 0.15) is 87.0 Å². The van der Waals surface area contributed by atoms with E-state index in [1.54, 1.807) is 26.8 Å². The van der Waals surface area contributed by atoms with Crippen LogP contribution in [0.3, 0.4) is 0 Å². The summed E-state index contributed by atoms with van der Waals surface area (Å²) in [6.07, 6.45) is 4.21. The largest absolute Gasteiger partial charge is 0.459 e.